The largest absolute Gasteiger partial charge is 0.354 e. The van der Waals surface area contributed by atoms with Crippen molar-refractivity contribution in [1.29, 1.82) is 0 Å². The Hall–Kier alpha value is -3.71. The summed E-state index contributed by atoms with van der Waals surface area (Å²) < 4.78 is 69.1. The Balaban J connectivity index is 1.41. The highest BCUT2D eigenvalue weighted by Crippen LogP contribution is 2.38. The van der Waals surface area contributed by atoms with Crippen LogP contribution in [0.5, 0.6) is 0 Å². The number of H-pyrrole nitrogens is 1. The number of anilines is 1. The standard InChI is InChI=1S/C28H30F3N5O4S/c1-41(39,40)36-14-13-34(12-2-3-25(36)18-4-6-19(29)7-5-18)28(38)23-17-35(26-10-11-27(37)33-32-26)16-22(23)21-9-8-20(30)15-24(21)31/h4-11,15,22-23,25H,2-3,12-14,16-17H2,1H3,(H,33,37). The lowest BCUT2D eigenvalue weighted by molar-refractivity contribution is -0.135. The fourth-order valence-electron chi connectivity index (χ4n) is 5.85. The number of halogens is 3. The number of hydrogen-bond donors (Lipinski definition) is 1. The lowest BCUT2D eigenvalue weighted by Gasteiger charge is -2.37. The molecule has 41 heavy (non-hydrogen) atoms. The van der Waals surface area contributed by atoms with E-state index in [9.17, 15) is 31.2 Å². The van der Waals surface area contributed by atoms with Crippen molar-refractivity contribution in [3.05, 3.63) is 93.5 Å². The summed E-state index contributed by atoms with van der Waals surface area (Å²) in [7, 11) is -3.68. The van der Waals surface area contributed by atoms with Gasteiger partial charge >= 0.3 is 0 Å². The third-order valence-corrected chi connectivity index (χ3v) is 9.11. The van der Waals surface area contributed by atoms with Crippen LogP contribution in [0.1, 0.15) is 35.9 Å². The minimum absolute atomic E-state index is 0.0279. The smallest absolute Gasteiger partial charge is 0.264 e. The Morgan fingerprint density at radius 2 is 1.68 bits per heavy atom. The molecule has 3 heterocycles. The van der Waals surface area contributed by atoms with Crippen LogP contribution in [0.2, 0.25) is 0 Å². The summed E-state index contributed by atoms with van der Waals surface area (Å²) in [5, 5.41) is 6.41. The predicted molar refractivity (Wildman–Crippen MR) is 146 cm³/mol. The highest BCUT2D eigenvalue weighted by molar-refractivity contribution is 7.88. The molecule has 2 aliphatic rings. The van der Waals surface area contributed by atoms with Crippen LogP contribution in [-0.2, 0) is 14.8 Å². The van der Waals surface area contributed by atoms with Crippen molar-refractivity contribution >= 4 is 21.7 Å². The molecule has 0 saturated carbocycles. The summed E-state index contributed by atoms with van der Waals surface area (Å²) in [6, 6.07) is 11.3. The Morgan fingerprint density at radius 1 is 0.951 bits per heavy atom. The molecule has 1 amide bonds. The molecule has 3 atom stereocenters. The van der Waals surface area contributed by atoms with Crippen LogP contribution in [0.15, 0.2) is 59.4 Å². The van der Waals surface area contributed by atoms with Crippen molar-refractivity contribution < 1.29 is 26.4 Å². The summed E-state index contributed by atoms with van der Waals surface area (Å²) in [6.45, 7) is 0.855. The molecule has 9 nitrogen and oxygen atoms in total. The summed E-state index contributed by atoms with van der Waals surface area (Å²) in [6.07, 6.45) is 2.00. The number of nitrogens with one attached hydrogen (secondary N) is 1. The van der Waals surface area contributed by atoms with Gasteiger partial charge in [-0.05, 0) is 48.2 Å². The Labute approximate surface area is 235 Å². The van der Waals surface area contributed by atoms with Crippen molar-refractivity contribution in [3.63, 3.8) is 0 Å². The number of hydrogen-bond acceptors (Lipinski definition) is 6. The summed E-state index contributed by atoms with van der Waals surface area (Å²) >= 11 is 0. The first kappa shape index (κ1) is 28.8. The number of nitrogens with zero attached hydrogens (tertiary/aromatic N) is 4. The highest BCUT2D eigenvalue weighted by Gasteiger charge is 2.43. The van der Waals surface area contributed by atoms with Crippen LogP contribution in [0.4, 0.5) is 19.0 Å². The first-order valence-electron chi connectivity index (χ1n) is 13.3. The van der Waals surface area contributed by atoms with Crippen molar-refractivity contribution in [3.8, 4) is 0 Å². The van der Waals surface area contributed by atoms with Gasteiger partial charge < -0.3 is 9.80 Å². The van der Waals surface area contributed by atoms with E-state index in [0.29, 0.717) is 30.8 Å². The number of aromatic amines is 1. The van der Waals surface area contributed by atoms with Crippen LogP contribution >= 0.6 is 0 Å². The molecule has 0 spiro atoms. The maximum absolute atomic E-state index is 15.0. The number of carbonyl (C=O) groups excluding carboxylic acids is 1. The first-order valence-corrected chi connectivity index (χ1v) is 15.1. The molecule has 0 bridgehead atoms. The topological polar surface area (TPSA) is 107 Å². The average molecular weight is 590 g/mol. The van der Waals surface area contributed by atoms with Crippen LogP contribution in [-0.4, -0.2) is 72.7 Å². The molecule has 3 aromatic rings. The zero-order valence-corrected chi connectivity index (χ0v) is 23.2. The van der Waals surface area contributed by atoms with E-state index >= 15 is 0 Å². The van der Waals surface area contributed by atoms with Gasteiger partial charge in [-0.3, -0.25) is 9.59 Å². The normalized spacial score (nSPS) is 22.4. The second-order valence-corrected chi connectivity index (χ2v) is 12.4. The lowest BCUT2D eigenvalue weighted by atomic mass is 9.87. The van der Waals surface area contributed by atoms with Gasteiger partial charge in [0.15, 0.2) is 0 Å². The lowest BCUT2D eigenvalue weighted by Crippen LogP contribution is -2.47. The first-order chi connectivity index (χ1) is 19.5. The Kier molecular flexibility index (Phi) is 8.18. The van der Waals surface area contributed by atoms with E-state index in [-0.39, 0.29) is 37.6 Å². The molecule has 2 saturated heterocycles. The van der Waals surface area contributed by atoms with Crippen molar-refractivity contribution in [2.24, 2.45) is 5.92 Å². The van der Waals surface area contributed by atoms with E-state index in [1.165, 1.54) is 34.6 Å². The van der Waals surface area contributed by atoms with E-state index < -0.39 is 50.9 Å². The zero-order valence-electron chi connectivity index (χ0n) is 22.3. The van der Waals surface area contributed by atoms with E-state index in [1.54, 1.807) is 21.9 Å². The van der Waals surface area contributed by atoms with Gasteiger partial charge in [0.1, 0.15) is 23.3 Å². The second-order valence-electron chi connectivity index (χ2n) is 10.5. The van der Waals surface area contributed by atoms with Gasteiger partial charge in [0.05, 0.1) is 12.2 Å². The molecule has 2 fully saturated rings. The van der Waals surface area contributed by atoms with Gasteiger partial charge in [-0.2, -0.15) is 9.40 Å². The van der Waals surface area contributed by atoms with Gasteiger partial charge in [0.2, 0.25) is 15.9 Å². The van der Waals surface area contributed by atoms with Gasteiger partial charge in [-0.1, -0.05) is 18.2 Å². The Morgan fingerprint density at radius 3 is 2.34 bits per heavy atom. The fourth-order valence-corrected chi connectivity index (χ4v) is 6.95. The van der Waals surface area contributed by atoms with Crippen LogP contribution in [0.3, 0.4) is 0 Å². The maximum atomic E-state index is 15.0. The molecule has 1 aromatic heterocycles. The molecular formula is C28H30F3N5O4S. The van der Waals surface area contributed by atoms with Gasteiger partial charge in [0, 0.05) is 56.8 Å². The van der Waals surface area contributed by atoms with E-state index in [4.69, 9.17) is 0 Å². The molecule has 3 unspecified atom stereocenters. The molecule has 218 valence electrons. The number of aromatic nitrogens is 2. The van der Waals surface area contributed by atoms with Gasteiger partial charge in [-0.15, -0.1) is 0 Å². The number of rotatable bonds is 5. The van der Waals surface area contributed by atoms with Gasteiger partial charge in [0.25, 0.3) is 5.56 Å². The molecule has 0 aliphatic carbocycles. The third-order valence-electron chi connectivity index (χ3n) is 7.82. The maximum Gasteiger partial charge on any atom is 0.264 e. The molecule has 2 aromatic carbocycles. The number of amides is 1. The summed E-state index contributed by atoms with van der Waals surface area (Å²) in [5.41, 5.74) is 0.470. The number of benzene rings is 2. The molecule has 2 aliphatic heterocycles. The van der Waals surface area contributed by atoms with Crippen LogP contribution in [0, 0.1) is 23.4 Å². The SMILES string of the molecule is CS(=O)(=O)N1CCN(C(=O)C2CN(c3ccc(=O)[nH]n3)CC2c2ccc(F)cc2F)CCCC1c1ccc(F)cc1. The van der Waals surface area contributed by atoms with E-state index in [2.05, 4.69) is 10.2 Å². The van der Waals surface area contributed by atoms with E-state index in [1.807, 2.05) is 0 Å². The van der Waals surface area contributed by atoms with Crippen molar-refractivity contribution in [2.75, 3.05) is 43.9 Å². The highest BCUT2D eigenvalue weighted by atomic mass is 32.2. The van der Waals surface area contributed by atoms with Crippen LogP contribution < -0.4 is 10.5 Å². The predicted octanol–water partition coefficient (Wildman–Crippen LogP) is 3.03. The van der Waals surface area contributed by atoms with Gasteiger partial charge in [-0.25, -0.2) is 26.7 Å². The van der Waals surface area contributed by atoms with E-state index in [0.717, 1.165) is 18.4 Å². The summed E-state index contributed by atoms with van der Waals surface area (Å²) in [5.74, 6) is -3.15. The monoisotopic (exact) mass is 589 g/mol. The third kappa shape index (κ3) is 6.30. The quantitative estimate of drug-likeness (QED) is 0.491. The average Bonchev–Trinajstić information content (AvgIpc) is 3.34. The minimum atomic E-state index is -3.68. The molecule has 13 heteroatoms. The zero-order chi connectivity index (χ0) is 29.3. The molecule has 0 radical (unpaired) electrons. The molecule has 1 N–H and O–H groups in total. The number of carbonyl (C=O) groups is 1. The molecule has 5 rings (SSSR count). The summed E-state index contributed by atoms with van der Waals surface area (Å²) in [4.78, 5) is 28.9. The van der Waals surface area contributed by atoms with Crippen molar-refractivity contribution in [1.82, 2.24) is 19.4 Å². The fraction of sp³-hybridized carbons (Fsp3) is 0.393. The molecular weight excluding hydrogens is 559 g/mol. The van der Waals surface area contributed by atoms with Crippen LogP contribution in [0.25, 0.3) is 0 Å². The Bertz CT molecular complexity index is 1560. The second kappa shape index (κ2) is 11.6. The van der Waals surface area contributed by atoms with Crippen molar-refractivity contribution in [2.45, 2.75) is 24.8 Å². The minimum Gasteiger partial charge on any atom is -0.354 e. The number of sulfonamides is 1.